The molecule has 1 aromatic carbocycles. The van der Waals surface area contributed by atoms with Gasteiger partial charge in [0.1, 0.15) is 22.7 Å². The molecule has 0 radical (unpaired) electrons. The van der Waals surface area contributed by atoms with Gasteiger partial charge in [-0.2, -0.15) is 0 Å². The van der Waals surface area contributed by atoms with E-state index in [9.17, 15) is 28.6 Å². The highest BCUT2D eigenvalue weighted by molar-refractivity contribution is 8.45. The van der Waals surface area contributed by atoms with E-state index in [1.54, 1.807) is 6.92 Å². The van der Waals surface area contributed by atoms with E-state index < -0.39 is 27.3 Å². The van der Waals surface area contributed by atoms with Crippen molar-refractivity contribution in [3.05, 3.63) is 58.3 Å². The van der Waals surface area contributed by atoms with Gasteiger partial charge >= 0.3 is 10.2 Å². The fourth-order valence-corrected chi connectivity index (χ4v) is 4.39. The van der Waals surface area contributed by atoms with Gasteiger partial charge in [-0.15, -0.1) is 0 Å². The summed E-state index contributed by atoms with van der Waals surface area (Å²) in [4.78, 5) is 18.9. The van der Waals surface area contributed by atoms with Gasteiger partial charge in [0.15, 0.2) is 0 Å². The van der Waals surface area contributed by atoms with Gasteiger partial charge in [0.25, 0.3) is 5.56 Å². The second-order valence-corrected chi connectivity index (χ2v) is 10.5. The second kappa shape index (κ2) is 6.63. The van der Waals surface area contributed by atoms with E-state index in [0.29, 0.717) is 28.9 Å². The van der Waals surface area contributed by atoms with Crippen molar-refractivity contribution in [2.45, 2.75) is 49.8 Å². The zero-order valence-electron chi connectivity index (χ0n) is 17.0. The molecule has 0 aliphatic heterocycles. The SMILES string of the molecule is Cc1nc(N[C@H](C)c2cccc(S(F)(F)(F)(F)F)c2)c2cn([C@H]3C[C@H](F)C3)c(=O)cc2n1. The summed E-state index contributed by atoms with van der Waals surface area (Å²) >= 11 is 0. The molecule has 32 heavy (non-hydrogen) atoms. The number of alkyl halides is 1. The van der Waals surface area contributed by atoms with Gasteiger partial charge in [0.2, 0.25) is 0 Å². The quantitative estimate of drug-likeness (QED) is 0.420. The lowest BCUT2D eigenvalue weighted by molar-refractivity contribution is 0.134. The molecule has 0 spiro atoms. The number of aryl methyl sites for hydroxylation is 1. The van der Waals surface area contributed by atoms with Gasteiger partial charge < -0.3 is 9.88 Å². The maximum atomic E-state index is 13.3. The number of hydrogen-bond acceptors (Lipinski definition) is 4. The van der Waals surface area contributed by atoms with Crippen LogP contribution in [0.1, 0.15) is 43.2 Å². The van der Waals surface area contributed by atoms with E-state index in [1.165, 1.54) is 29.8 Å². The number of pyridine rings is 1. The van der Waals surface area contributed by atoms with Crippen LogP contribution >= 0.6 is 10.2 Å². The number of benzene rings is 1. The minimum atomic E-state index is -9.82. The van der Waals surface area contributed by atoms with Crippen LogP contribution in [0.5, 0.6) is 0 Å². The second-order valence-electron chi connectivity index (χ2n) is 8.07. The molecule has 1 aliphatic carbocycles. The Labute approximate surface area is 179 Å². The van der Waals surface area contributed by atoms with Crippen molar-refractivity contribution in [2.75, 3.05) is 5.32 Å². The van der Waals surface area contributed by atoms with Crippen molar-refractivity contribution in [3.8, 4) is 0 Å². The van der Waals surface area contributed by atoms with Crippen molar-refractivity contribution in [1.82, 2.24) is 14.5 Å². The van der Waals surface area contributed by atoms with E-state index in [4.69, 9.17) is 0 Å². The molecule has 0 amide bonds. The van der Waals surface area contributed by atoms with E-state index >= 15 is 0 Å². The average Bonchev–Trinajstić information content (AvgIpc) is 2.63. The highest BCUT2D eigenvalue weighted by atomic mass is 32.5. The topological polar surface area (TPSA) is 59.8 Å². The molecular formula is C20H20F6N4OS. The molecule has 0 unspecified atom stereocenters. The van der Waals surface area contributed by atoms with Crippen LogP contribution in [0.3, 0.4) is 0 Å². The van der Waals surface area contributed by atoms with Gasteiger partial charge in [0.05, 0.1) is 16.9 Å². The minimum absolute atomic E-state index is 0.0206. The first-order valence-corrected chi connectivity index (χ1v) is 11.7. The van der Waals surface area contributed by atoms with Gasteiger partial charge in [-0.05, 0) is 44.4 Å². The van der Waals surface area contributed by atoms with Gasteiger partial charge in [0, 0.05) is 18.3 Å². The summed E-state index contributed by atoms with van der Waals surface area (Å²) in [6, 6.07) is 3.14. The largest absolute Gasteiger partial charge is 0.363 e. The lowest BCUT2D eigenvalue weighted by atomic mass is 9.90. The van der Waals surface area contributed by atoms with Gasteiger partial charge in [-0.25, -0.2) is 14.4 Å². The van der Waals surface area contributed by atoms with Crippen LogP contribution in [0, 0.1) is 6.92 Å². The molecule has 0 bridgehead atoms. The van der Waals surface area contributed by atoms with Crippen molar-refractivity contribution in [3.63, 3.8) is 0 Å². The normalized spacial score (nSPS) is 22.0. The molecule has 1 atom stereocenters. The first-order valence-electron chi connectivity index (χ1n) is 9.76. The molecule has 1 saturated carbocycles. The van der Waals surface area contributed by atoms with Crippen LogP contribution in [0.2, 0.25) is 0 Å². The van der Waals surface area contributed by atoms with Crippen molar-refractivity contribution in [2.24, 2.45) is 0 Å². The Morgan fingerprint density at radius 3 is 2.44 bits per heavy atom. The molecule has 3 aromatic rings. The lowest BCUT2D eigenvalue weighted by Gasteiger charge is -2.40. The van der Waals surface area contributed by atoms with Crippen LogP contribution in [0.25, 0.3) is 10.9 Å². The average molecular weight is 478 g/mol. The Morgan fingerprint density at radius 1 is 1.12 bits per heavy atom. The van der Waals surface area contributed by atoms with Crippen LogP contribution in [-0.2, 0) is 0 Å². The summed E-state index contributed by atoms with van der Waals surface area (Å²) in [5, 5.41) is 3.35. The molecule has 174 valence electrons. The molecule has 1 fully saturated rings. The molecular weight excluding hydrogens is 458 g/mol. The number of rotatable bonds is 5. The first kappa shape index (κ1) is 22.4. The highest BCUT2D eigenvalue weighted by Gasteiger charge is 2.65. The Balaban J connectivity index is 1.73. The Morgan fingerprint density at radius 2 is 1.81 bits per heavy atom. The van der Waals surface area contributed by atoms with E-state index in [2.05, 4.69) is 15.3 Å². The molecule has 2 heterocycles. The predicted octanol–water partition coefficient (Wildman–Crippen LogP) is 6.60. The highest BCUT2D eigenvalue weighted by Crippen LogP contribution is 3.02. The zero-order chi connectivity index (χ0) is 23.5. The maximum Gasteiger partial charge on any atom is 0.310 e. The molecule has 12 heteroatoms. The number of anilines is 1. The maximum absolute atomic E-state index is 13.3. The predicted molar refractivity (Wildman–Crippen MR) is 112 cm³/mol. The monoisotopic (exact) mass is 478 g/mol. The molecule has 2 aromatic heterocycles. The standard InChI is InChI=1S/C20H20F6N4OS/c1-11(13-4-3-5-16(6-13)32(22,23,24,25)26)27-20-17-10-30(15-7-14(21)8-15)19(31)9-18(17)28-12(2)29-20/h3-6,9-11,14-15H,7-8H2,1-2H3,(H,27,28,29)/t11-,14-,15-/m1/s1. The smallest absolute Gasteiger partial charge is 0.310 e. The lowest BCUT2D eigenvalue weighted by Crippen LogP contribution is -2.34. The van der Waals surface area contributed by atoms with E-state index in [-0.39, 0.29) is 35.8 Å². The molecule has 0 saturated heterocycles. The summed E-state index contributed by atoms with van der Waals surface area (Å²) in [7, 11) is -9.82. The van der Waals surface area contributed by atoms with Crippen LogP contribution in [-0.4, -0.2) is 20.7 Å². The summed E-state index contributed by atoms with van der Waals surface area (Å²) in [5.74, 6) is 0.528. The first-order chi connectivity index (χ1) is 14.6. The van der Waals surface area contributed by atoms with Gasteiger partial charge in [-0.1, -0.05) is 31.6 Å². The number of nitrogens with zero attached hydrogens (tertiary/aromatic N) is 3. The Kier molecular flexibility index (Phi) is 4.64. The molecule has 1 N–H and O–H groups in total. The summed E-state index contributed by atoms with van der Waals surface area (Å²) < 4.78 is 80.7. The Hall–Kier alpha value is -2.76. The fraction of sp³-hybridized carbons (Fsp3) is 0.350. The number of halogens is 6. The zero-order valence-corrected chi connectivity index (χ0v) is 17.9. The number of hydrogen-bond donors (Lipinski definition) is 1. The summed E-state index contributed by atoms with van der Waals surface area (Å²) in [6.45, 7) is 3.08. The van der Waals surface area contributed by atoms with Crippen LogP contribution in [0.4, 0.5) is 29.6 Å². The van der Waals surface area contributed by atoms with Crippen molar-refractivity contribution >= 4 is 26.9 Å². The Bertz CT molecular complexity index is 1270. The van der Waals surface area contributed by atoms with Crippen LogP contribution < -0.4 is 10.9 Å². The van der Waals surface area contributed by atoms with E-state index in [1.807, 2.05) is 0 Å². The molecule has 1 aliphatic rings. The summed E-state index contributed by atoms with van der Waals surface area (Å²) in [6.07, 6.45) is 0.932. The van der Waals surface area contributed by atoms with Crippen molar-refractivity contribution in [1.29, 1.82) is 0 Å². The fourth-order valence-electron chi connectivity index (χ4n) is 3.69. The van der Waals surface area contributed by atoms with Gasteiger partial charge in [-0.3, -0.25) is 4.79 Å². The van der Waals surface area contributed by atoms with Crippen LogP contribution in [0.15, 0.2) is 46.2 Å². The van der Waals surface area contributed by atoms with Crippen molar-refractivity contribution < 1.29 is 23.8 Å². The third-order valence-electron chi connectivity index (χ3n) is 5.48. The third-order valence-corrected chi connectivity index (χ3v) is 6.62. The molecule has 4 rings (SSSR count). The number of aromatic nitrogens is 3. The minimum Gasteiger partial charge on any atom is -0.363 e. The molecule has 5 nitrogen and oxygen atoms in total. The van der Waals surface area contributed by atoms with E-state index in [0.717, 1.165) is 6.07 Å². The number of nitrogens with one attached hydrogen (secondary N) is 1. The number of fused-ring (bicyclic) bond motifs is 1. The third kappa shape index (κ3) is 4.41. The summed E-state index contributed by atoms with van der Waals surface area (Å²) in [5.41, 5.74) is -0.0619.